The molecule has 0 aromatic rings. The van der Waals surface area contributed by atoms with Crippen LogP contribution in [0.1, 0.15) is 0 Å². The minimum absolute atomic E-state index is 0.448. The normalized spacial score (nSPS) is 5.80. The van der Waals surface area contributed by atoms with E-state index in [1.807, 2.05) is 18.7 Å². The van der Waals surface area contributed by atoms with E-state index in [0.29, 0.717) is 9.12 Å². The fourth-order valence-corrected chi connectivity index (χ4v) is 0. The average molecular weight is 85.2 g/mol. The highest BCUT2D eigenvalue weighted by atomic mass is 28.2. The maximum Gasteiger partial charge on any atom is 0.113 e. The number of hydrogen-bond acceptors (Lipinski definition) is 1. The fourth-order valence-electron chi connectivity index (χ4n) is 0. The van der Waals surface area contributed by atoms with E-state index in [4.69, 9.17) is 6.00 Å². The lowest BCUT2D eigenvalue weighted by molar-refractivity contribution is 0.676. The molecule has 28 valence electrons. The van der Waals surface area contributed by atoms with Gasteiger partial charge in [0.1, 0.15) is 9.12 Å². The first kappa shape index (κ1) is 4.80. The third-order valence-corrected chi connectivity index (χ3v) is 0.775. The summed E-state index contributed by atoms with van der Waals surface area (Å²) in [4.78, 5) is 0. The van der Waals surface area contributed by atoms with Gasteiger partial charge in [-0.25, -0.2) is 0 Å². The summed E-state index contributed by atoms with van der Waals surface area (Å²) >= 11 is 0. The Morgan fingerprint density at radius 3 is 1.80 bits per heavy atom. The lowest BCUT2D eigenvalue weighted by Crippen LogP contribution is -2.06. The van der Waals surface area contributed by atoms with Crippen molar-refractivity contribution in [3.05, 3.63) is 0 Å². The molecule has 0 aliphatic carbocycles. The molecule has 0 radical (unpaired) electrons. The minimum Gasteiger partial charge on any atom is -0.375 e. The summed E-state index contributed by atoms with van der Waals surface area (Å²) in [5.74, 6) is 0. The molecule has 0 saturated carbocycles. The standard InChI is InChI=1S/C3H7NSi/c1-4(2)5-3/h3H,1-2H3. The molecular formula is C3H7NSi. The Bertz CT molecular complexity index is 52.4. The van der Waals surface area contributed by atoms with Gasteiger partial charge >= 0.3 is 0 Å². The van der Waals surface area contributed by atoms with Crippen LogP contribution in [0.3, 0.4) is 0 Å². The van der Waals surface area contributed by atoms with Crippen LogP contribution in [0.5, 0.6) is 0 Å². The van der Waals surface area contributed by atoms with Crippen molar-refractivity contribution in [1.82, 2.24) is 4.57 Å². The van der Waals surface area contributed by atoms with Gasteiger partial charge in [0.05, 0.1) is 0 Å². The van der Waals surface area contributed by atoms with E-state index in [1.165, 1.54) is 0 Å². The summed E-state index contributed by atoms with van der Waals surface area (Å²) in [7, 11) is 4.33. The molecule has 1 nitrogen and oxygen atoms in total. The van der Waals surface area contributed by atoms with Gasteiger partial charge in [-0.2, -0.15) is 0 Å². The van der Waals surface area contributed by atoms with Gasteiger partial charge in [-0.3, -0.25) is 0 Å². The van der Waals surface area contributed by atoms with Gasteiger partial charge in [-0.1, -0.05) is 0 Å². The van der Waals surface area contributed by atoms with Crippen molar-refractivity contribution in [3.8, 4) is 6.00 Å². The highest BCUT2D eigenvalue weighted by Crippen LogP contribution is 1.48. The Labute approximate surface area is 34.8 Å². The maximum atomic E-state index is 5.12. The van der Waals surface area contributed by atoms with E-state index in [0.717, 1.165) is 0 Å². The second-order valence-corrected chi connectivity index (χ2v) is 2.18. The summed E-state index contributed by atoms with van der Waals surface area (Å²) < 4.78 is 1.93. The molecule has 0 aliphatic rings. The number of nitrogens with zero attached hydrogens (tertiary/aromatic N) is 1. The average Bonchev–Trinajstić information content (AvgIpc) is 1.38. The predicted molar refractivity (Wildman–Crippen MR) is 24.4 cm³/mol. The molecule has 0 aromatic carbocycles. The first-order valence-electron chi connectivity index (χ1n) is 1.41. The Kier molecular flexibility index (Phi) is 1.98. The maximum absolute atomic E-state index is 5.12. The molecule has 0 bridgehead atoms. The Balaban J connectivity index is 2.94. The molecule has 0 atom stereocenters. The van der Waals surface area contributed by atoms with Crippen molar-refractivity contribution in [3.63, 3.8) is 0 Å². The first-order valence-corrected chi connectivity index (χ1v) is 2.43. The first-order chi connectivity index (χ1) is 2.27. The van der Waals surface area contributed by atoms with Crippen molar-refractivity contribution < 1.29 is 0 Å². The number of rotatable bonds is 0. The monoisotopic (exact) mass is 85.0 g/mol. The largest absolute Gasteiger partial charge is 0.375 e. The van der Waals surface area contributed by atoms with Crippen molar-refractivity contribution >= 4 is 9.12 Å². The molecule has 0 aliphatic heterocycles. The van der Waals surface area contributed by atoms with Crippen molar-refractivity contribution in [2.45, 2.75) is 0 Å². The van der Waals surface area contributed by atoms with Crippen LogP contribution in [0.15, 0.2) is 0 Å². The van der Waals surface area contributed by atoms with E-state index in [2.05, 4.69) is 0 Å². The molecule has 0 amide bonds. The van der Waals surface area contributed by atoms with Gasteiger partial charge in [0, 0.05) is 14.1 Å². The van der Waals surface area contributed by atoms with E-state index in [9.17, 15) is 0 Å². The van der Waals surface area contributed by atoms with Crippen LogP contribution in [0.25, 0.3) is 0 Å². The SMILES string of the molecule is C#[Si]N(C)C. The Morgan fingerprint density at radius 1 is 1.60 bits per heavy atom. The Hall–Kier alpha value is -0.203. The summed E-state index contributed by atoms with van der Waals surface area (Å²) in [6.07, 6.45) is 0. The molecule has 0 fully saturated rings. The lowest BCUT2D eigenvalue weighted by atomic mass is 11.3. The molecule has 0 aromatic heterocycles. The van der Waals surface area contributed by atoms with E-state index in [-0.39, 0.29) is 0 Å². The van der Waals surface area contributed by atoms with Crippen LogP contribution in [0.2, 0.25) is 0 Å². The Morgan fingerprint density at radius 2 is 1.80 bits per heavy atom. The highest BCUT2D eigenvalue weighted by Gasteiger charge is 1.62. The fraction of sp³-hybridized carbons (Fsp3) is 0.667. The topological polar surface area (TPSA) is 3.24 Å². The third kappa shape index (κ3) is 3.80. The molecule has 0 heterocycles. The smallest absolute Gasteiger partial charge is 0.113 e. The van der Waals surface area contributed by atoms with Crippen molar-refractivity contribution in [2.24, 2.45) is 0 Å². The van der Waals surface area contributed by atoms with Crippen molar-refractivity contribution in [1.29, 1.82) is 0 Å². The summed E-state index contributed by atoms with van der Waals surface area (Å²) in [6, 6.07) is 5.12. The van der Waals surface area contributed by atoms with Crippen LogP contribution in [-0.2, 0) is 0 Å². The molecule has 0 spiro atoms. The van der Waals surface area contributed by atoms with Crippen LogP contribution in [0.4, 0.5) is 0 Å². The second kappa shape index (κ2) is 2.06. The van der Waals surface area contributed by atoms with Gasteiger partial charge in [0.15, 0.2) is 0 Å². The van der Waals surface area contributed by atoms with Gasteiger partial charge in [-0.05, 0) is 0 Å². The molecule has 0 saturated heterocycles. The zero-order valence-electron chi connectivity index (χ0n) is 3.52. The van der Waals surface area contributed by atoms with E-state index >= 15 is 0 Å². The van der Waals surface area contributed by atoms with Gasteiger partial charge < -0.3 is 4.57 Å². The van der Waals surface area contributed by atoms with Crippen LogP contribution < -0.4 is 0 Å². The quantitative estimate of drug-likeness (QED) is 0.367. The second-order valence-electron chi connectivity index (χ2n) is 1.02. The van der Waals surface area contributed by atoms with E-state index in [1.54, 1.807) is 0 Å². The molecule has 0 N–H and O–H groups in total. The zero-order chi connectivity index (χ0) is 4.28. The van der Waals surface area contributed by atoms with Gasteiger partial charge in [0.2, 0.25) is 0 Å². The molecule has 2 heteroatoms. The summed E-state index contributed by atoms with van der Waals surface area (Å²) in [5.41, 5.74) is 0. The molecular weight excluding hydrogens is 78.1 g/mol. The van der Waals surface area contributed by atoms with Crippen molar-refractivity contribution in [2.75, 3.05) is 14.1 Å². The van der Waals surface area contributed by atoms with Crippen LogP contribution >= 0.6 is 0 Å². The predicted octanol–water partition coefficient (Wildman–Crippen LogP) is -0.244. The zero-order valence-corrected chi connectivity index (χ0v) is 4.52. The van der Waals surface area contributed by atoms with Gasteiger partial charge in [-0.15, -0.1) is 6.00 Å². The van der Waals surface area contributed by atoms with Crippen LogP contribution in [0, 0.1) is 6.00 Å². The minimum atomic E-state index is 0.448. The molecule has 0 rings (SSSR count). The van der Waals surface area contributed by atoms with E-state index < -0.39 is 0 Å². The highest BCUT2D eigenvalue weighted by molar-refractivity contribution is 6.17. The summed E-state index contributed by atoms with van der Waals surface area (Å²) in [6.45, 7) is 0. The van der Waals surface area contributed by atoms with Gasteiger partial charge in [0.25, 0.3) is 0 Å². The third-order valence-electron chi connectivity index (χ3n) is 0.258. The lowest BCUT2D eigenvalue weighted by Gasteiger charge is -1.94. The molecule has 0 unspecified atom stereocenters. The van der Waals surface area contributed by atoms with Crippen LogP contribution in [-0.4, -0.2) is 27.8 Å². The molecule has 5 heavy (non-hydrogen) atoms. The number of hydrogen-bond donors (Lipinski definition) is 0. The summed E-state index contributed by atoms with van der Waals surface area (Å²) in [5, 5.41) is 0.